The Morgan fingerprint density at radius 1 is 1.62 bits per heavy atom. The quantitative estimate of drug-likeness (QED) is 0.525. The van der Waals surface area contributed by atoms with Crippen LogP contribution in [0.15, 0.2) is 0 Å². The van der Waals surface area contributed by atoms with Gasteiger partial charge in [0.15, 0.2) is 0 Å². The van der Waals surface area contributed by atoms with Gasteiger partial charge in [-0.15, -0.1) is 0 Å². The smallest absolute Gasteiger partial charge is 0.309 e. The SMILES string of the molecule is [CH2]C(C)CC.[Cl][Mg][Cl]. The second kappa shape index (κ2) is 11.2. The van der Waals surface area contributed by atoms with Crippen molar-refractivity contribution >= 4 is 36.3 Å². The highest BCUT2D eigenvalue weighted by Gasteiger charge is 1.80. The van der Waals surface area contributed by atoms with Crippen molar-refractivity contribution in [3.05, 3.63) is 6.92 Å². The predicted molar refractivity (Wildman–Crippen MR) is 42.3 cm³/mol. The lowest BCUT2D eigenvalue weighted by molar-refractivity contribution is 0.694. The largest absolute Gasteiger partial charge is 0.618 e. The van der Waals surface area contributed by atoms with E-state index in [9.17, 15) is 0 Å². The van der Waals surface area contributed by atoms with Gasteiger partial charge in [0.1, 0.15) is 0 Å². The van der Waals surface area contributed by atoms with Gasteiger partial charge in [0.2, 0.25) is 0 Å². The second-order valence-electron chi connectivity index (χ2n) is 1.61. The standard InChI is InChI=1S/C5H11.2ClH.Mg/c1-4-5(2)3;;;/h5H,2,4H2,1,3H3;2*1H;/q;;;+2/p-2. The molecule has 8 heavy (non-hydrogen) atoms. The molecular weight excluding hydrogens is 155 g/mol. The topological polar surface area (TPSA) is 0 Å². The maximum atomic E-state index is 4.90. The lowest BCUT2D eigenvalue weighted by atomic mass is 10.2. The van der Waals surface area contributed by atoms with Crippen LogP contribution in [0.5, 0.6) is 0 Å². The molecule has 0 amide bonds. The summed E-state index contributed by atoms with van der Waals surface area (Å²) in [5, 5.41) is 0. The molecule has 0 aromatic rings. The fourth-order valence-electron chi connectivity index (χ4n) is 0. The summed E-state index contributed by atoms with van der Waals surface area (Å²) in [5.41, 5.74) is 0. The normalized spacial score (nSPS) is 7.25. The predicted octanol–water partition coefficient (Wildman–Crippen LogP) is 2.86. The third-order valence-corrected chi connectivity index (χ3v) is 0.697. The fraction of sp³-hybridized carbons (Fsp3) is 0.800. The van der Waals surface area contributed by atoms with E-state index in [0.29, 0.717) is 5.92 Å². The molecule has 0 fully saturated rings. The maximum Gasteiger partial charge on any atom is 0.618 e. The Labute approximate surface area is 69.2 Å². The van der Waals surface area contributed by atoms with Crippen molar-refractivity contribution in [2.24, 2.45) is 5.92 Å². The van der Waals surface area contributed by atoms with Crippen molar-refractivity contribution in [3.63, 3.8) is 0 Å². The number of hydrogen-bond donors (Lipinski definition) is 0. The van der Waals surface area contributed by atoms with Crippen molar-refractivity contribution < 1.29 is 0 Å². The van der Waals surface area contributed by atoms with Gasteiger partial charge in [-0.25, -0.2) is 0 Å². The molecule has 1 atom stereocenters. The van der Waals surface area contributed by atoms with Crippen molar-refractivity contribution in [2.45, 2.75) is 20.3 Å². The maximum absolute atomic E-state index is 4.90. The van der Waals surface area contributed by atoms with Crippen molar-refractivity contribution in [1.29, 1.82) is 0 Å². The summed E-state index contributed by atoms with van der Waals surface area (Å²) in [5.74, 6) is 0.634. The third-order valence-electron chi connectivity index (χ3n) is 0.697. The molecule has 0 rings (SSSR count). The zero-order chi connectivity index (χ0) is 6.99. The summed E-state index contributed by atoms with van der Waals surface area (Å²) in [6, 6.07) is 0. The van der Waals surface area contributed by atoms with Crippen LogP contribution in [0.4, 0.5) is 0 Å². The molecule has 0 saturated carbocycles. The van der Waals surface area contributed by atoms with Crippen LogP contribution in [0.3, 0.4) is 0 Å². The molecule has 0 aliphatic rings. The van der Waals surface area contributed by atoms with Crippen LogP contribution in [-0.2, 0) is 0 Å². The molecule has 0 aliphatic heterocycles. The molecule has 0 heterocycles. The van der Waals surface area contributed by atoms with Crippen LogP contribution in [0.25, 0.3) is 0 Å². The summed E-state index contributed by atoms with van der Waals surface area (Å²) in [6.45, 7) is 8.00. The van der Waals surface area contributed by atoms with Crippen molar-refractivity contribution in [3.8, 4) is 0 Å². The van der Waals surface area contributed by atoms with E-state index in [-0.39, 0.29) is 0 Å². The Hall–Kier alpha value is 1.35. The molecule has 47 valence electrons. The van der Waals surface area contributed by atoms with Crippen molar-refractivity contribution in [2.75, 3.05) is 0 Å². The van der Waals surface area contributed by atoms with Crippen LogP contribution < -0.4 is 0 Å². The first-order valence-corrected chi connectivity index (χ1v) is 6.91. The molecule has 1 radical (unpaired) electrons. The van der Waals surface area contributed by atoms with E-state index in [1.807, 2.05) is 0 Å². The first-order chi connectivity index (χ1) is 3.68. The Morgan fingerprint density at radius 2 is 1.75 bits per heavy atom. The monoisotopic (exact) mass is 165 g/mol. The molecule has 0 bridgehead atoms. The lowest BCUT2D eigenvalue weighted by Crippen LogP contribution is -1.77. The molecule has 0 saturated heterocycles. The van der Waals surface area contributed by atoms with Gasteiger partial charge in [-0.2, -0.15) is 0 Å². The van der Waals surface area contributed by atoms with E-state index < -0.39 is 18.2 Å². The number of halogens is 2. The van der Waals surface area contributed by atoms with Gasteiger partial charge in [-0.3, -0.25) is 0 Å². The van der Waals surface area contributed by atoms with Gasteiger partial charge < -0.3 is 18.1 Å². The highest BCUT2D eigenvalue weighted by atomic mass is 35.6. The highest BCUT2D eigenvalue weighted by Crippen LogP contribution is 1.93. The van der Waals surface area contributed by atoms with Gasteiger partial charge in [-0.1, -0.05) is 27.2 Å². The minimum atomic E-state index is -0.639. The average Bonchev–Trinajstić information content (AvgIpc) is 1.69. The Kier molecular flexibility index (Phi) is 16.9. The van der Waals surface area contributed by atoms with E-state index in [2.05, 4.69) is 20.8 Å². The van der Waals surface area contributed by atoms with Crippen LogP contribution in [0.2, 0.25) is 0 Å². The summed E-state index contributed by atoms with van der Waals surface area (Å²) < 4.78 is 0. The van der Waals surface area contributed by atoms with Gasteiger partial charge in [0, 0.05) is 0 Å². The molecule has 0 aromatic heterocycles. The molecule has 0 nitrogen and oxygen atoms in total. The van der Waals surface area contributed by atoms with Gasteiger partial charge in [0.05, 0.1) is 0 Å². The van der Waals surface area contributed by atoms with Crippen LogP contribution in [0.1, 0.15) is 20.3 Å². The zero-order valence-corrected chi connectivity index (χ0v) is 8.38. The Bertz CT molecular complexity index is 31.6. The first kappa shape index (κ1) is 12.1. The third kappa shape index (κ3) is 26.4. The van der Waals surface area contributed by atoms with Crippen LogP contribution >= 0.6 is 18.1 Å². The molecule has 0 aromatic carbocycles. The van der Waals surface area contributed by atoms with Gasteiger partial charge in [0.25, 0.3) is 0 Å². The second-order valence-corrected chi connectivity index (χ2v) is 4.24. The van der Waals surface area contributed by atoms with Gasteiger partial charge >= 0.3 is 18.2 Å². The number of hydrogen-bond acceptors (Lipinski definition) is 0. The molecule has 0 N–H and O–H groups in total. The Balaban J connectivity index is 0. The number of rotatable bonds is 1. The minimum absolute atomic E-state index is 0.634. The summed E-state index contributed by atoms with van der Waals surface area (Å²) in [4.78, 5) is 0. The average molecular weight is 166 g/mol. The van der Waals surface area contributed by atoms with Crippen LogP contribution in [0, 0.1) is 12.8 Å². The zero-order valence-electron chi connectivity index (χ0n) is 5.45. The fourth-order valence-corrected chi connectivity index (χ4v) is 0. The van der Waals surface area contributed by atoms with E-state index in [4.69, 9.17) is 18.1 Å². The summed E-state index contributed by atoms with van der Waals surface area (Å²) in [6.07, 6.45) is 1.19. The first-order valence-electron chi connectivity index (χ1n) is 2.64. The van der Waals surface area contributed by atoms with E-state index >= 15 is 0 Å². The van der Waals surface area contributed by atoms with Gasteiger partial charge in [-0.05, 0) is 5.92 Å². The van der Waals surface area contributed by atoms with Crippen molar-refractivity contribution in [1.82, 2.24) is 0 Å². The summed E-state index contributed by atoms with van der Waals surface area (Å²) >= 11 is -0.639. The highest BCUT2D eigenvalue weighted by molar-refractivity contribution is 7.22. The molecule has 0 aliphatic carbocycles. The molecule has 3 heteroatoms. The molecule has 1 unspecified atom stereocenters. The Morgan fingerprint density at radius 3 is 1.75 bits per heavy atom. The summed E-state index contributed by atoms with van der Waals surface area (Å²) in [7, 11) is 9.81. The van der Waals surface area contributed by atoms with E-state index in [1.54, 1.807) is 0 Å². The van der Waals surface area contributed by atoms with Crippen LogP contribution in [-0.4, -0.2) is 18.2 Å². The lowest BCUT2D eigenvalue weighted by Gasteiger charge is -1.90. The minimum Gasteiger partial charge on any atom is -0.309 e. The molecular formula is C5H11Cl2Mg. The van der Waals surface area contributed by atoms with E-state index in [1.165, 1.54) is 6.42 Å². The molecule has 0 spiro atoms. The van der Waals surface area contributed by atoms with E-state index in [0.717, 1.165) is 0 Å².